The third-order valence-electron chi connectivity index (χ3n) is 5.27. The first-order valence-corrected chi connectivity index (χ1v) is 9.16. The zero-order valence-corrected chi connectivity index (χ0v) is 16.6. The lowest BCUT2D eigenvalue weighted by atomic mass is 9.93. The smallest absolute Gasteiger partial charge is 0.254 e. The van der Waals surface area contributed by atoms with Crippen LogP contribution in [0.2, 0.25) is 0 Å². The Morgan fingerprint density at radius 3 is 2.04 bits per heavy atom. The van der Waals surface area contributed by atoms with Gasteiger partial charge in [-0.2, -0.15) is 0 Å². The number of carbonyl (C=O) groups excluding carboxylic acids is 2. The van der Waals surface area contributed by atoms with Crippen molar-refractivity contribution < 1.29 is 9.59 Å². The molecule has 0 aromatic carbocycles. The quantitative estimate of drug-likeness (QED) is 0.820. The molecule has 0 spiro atoms. The zero-order valence-electron chi connectivity index (χ0n) is 16.6. The molecule has 6 nitrogen and oxygen atoms in total. The van der Waals surface area contributed by atoms with Gasteiger partial charge in [-0.25, -0.2) is 0 Å². The number of aromatic nitrogens is 2. The molecule has 0 bridgehead atoms. The highest BCUT2D eigenvalue weighted by Crippen LogP contribution is 2.28. The van der Waals surface area contributed by atoms with Gasteiger partial charge in [-0.1, -0.05) is 0 Å². The molecule has 1 fully saturated rings. The van der Waals surface area contributed by atoms with E-state index in [1.807, 2.05) is 44.4 Å². The predicted molar refractivity (Wildman–Crippen MR) is 104 cm³/mol. The summed E-state index contributed by atoms with van der Waals surface area (Å²) in [4.78, 5) is 38.2. The number of amides is 2. The molecule has 0 saturated carbocycles. The first kappa shape index (κ1) is 19.0. The highest BCUT2D eigenvalue weighted by Gasteiger charge is 2.42. The number of aryl methyl sites for hydroxylation is 2. The molecule has 1 saturated heterocycles. The van der Waals surface area contributed by atoms with Gasteiger partial charge in [-0.3, -0.25) is 19.6 Å². The third kappa shape index (κ3) is 3.56. The number of carbonyl (C=O) groups is 2. The Morgan fingerprint density at radius 2 is 1.52 bits per heavy atom. The minimum absolute atomic E-state index is 0.0114. The maximum absolute atomic E-state index is 13.2. The van der Waals surface area contributed by atoms with Crippen molar-refractivity contribution in [3.8, 4) is 0 Å². The van der Waals surface area contributed by atoms with E-state index in [1.165, 1.54) is 0 Å². The Kier molecular flexibility index (Phi) is 5.00. The van der Waals surface area contributed by atoms with Crippen LogP contribution in [0.5, 0.6) is 0 Å². The molecule has 0 aliphatic carbocycles. The summed E-state index contributed by atoms with van der Waals surface area (Å²) in [6.07, 6.45) is 6.69. The summed E-state index contributed by atoms with van der Waals surface area (Å²) in [6, 6.07) is 3.44. The van der Waals surface area contributed by atoms with Gasteiger partial charge < -0.3 is 9.80 Å². The fourth-order valence-corrected chi connectivity index (χ4v) is 3.62. The maximum Gasteiger partial charge on any atom is 0.254 e. The molecule has 2 aromatic rings. The molecule has 2 amide bonds. The van der Waals surface area contributed by atoms with Crippen LogP contribution in [0.1, 0.15) is 52.6 Å². The highest BCUT2D eigenvalue weighted by atomic mass is 16.2. The van der Waals surface area contributed by atoms with E-state index >= 15 is 0 Å². The molecule has 0 radical (unpaired) electrons. The molecule has 1 aliphatic rings. The van der Waals surface area contributed by atoms with Crippen LogP contribution in [0.25, 0.3) is 0 Å². The van der Waals surface area contributed by atoms with Gasteiger partial charge in [0.2, 0.25) is 0 Å². The average molecular weight is 366 g/mol. The lowest BCUT2D eigenvalue weighted by molar-refractivity contribution is -0.000588. The number of pyridine rings is 2. The molecule has 6 heteroatoms. The molecule has 1 aliphatic heterocycles. The summed E-state index contributed by atoms with van der Waals surface area (Å²) in [7, 11) is 0. The Labute approximate surface area is 160 Å². The largest absolute Gasteiger partial charge is 0.332 e. The van der Waals surface area contributed by atoms with Crippen LogP contribution < -0.4 is 0 Å². The Balaban J connectivity index is 1.87. The van der Waals surface area contributed by atoms with Crippen LogP contribution in [0.3, 0.4) is 0 Å². The molecule has 1 unspecified atom stereocenters. The van der Waals surface area contributed by atoms with Crippen LogP contribution in [0.4, 0.5) is 0 Å². The van der Waals surface area contributed by atoms with Crippen molar-refractivity contribution >= 4 is 11.8 Å². The van der Waals surface area contributed by atoms with E-state index in [2.05, 4.69) is 9.97 Å². The van der Waals surface area contributed by atoms with Gasteiger partial charge in [0.25, 0.3) is 11.8 Å². The number of hydrogen-bond acceptors (Lipinski definition) is 4. The van der Waals surface area contributed by atoms with E-state index in [-0.39, 0.29) is 17.9 Å². The average Bonchev–Trinajstić information content (AvgIpc) is 2.63. The topological polar surface area (TPSA) is 66.4 Å². The molecule has 2 aromatic heterocycles. The van der Waals surface area contributed by atoms with Crippen molar-refractivity contribution in [1.82, 2.24) is 19.8 Å². The third-order valence-corrected chi connectivity index (χ3v) is 5.27. The first-order valence-electron chi connectivity index (χ1n) is 9.16. The zero-order chi connectivity index (χ0) is 19.8. The van der Waals surface area contributed by atoms with Gasteiger partial charge in [0.1, 0.15) is 0 Å². The normalized spacial score (nSPS) is 19.1. The van der Waals surface area contributed by atoms with Crippen molar-refractivity contribution in [1.29, 1.82) is 0 Å². The second kappa shape index (κ2) is 7.10. The molecule has 3 heterocycles. The van der Waals surface area contributed by atoms with Crippen molar-refractivity contribution in [2.75, 3.05) is 13.1 Å². The summed E-state index contributed by atoms with van der Waals surface area (Å²) in [5.74, 6) is -0.0263. The predicted octanol–water partition coefficient (Wildman–Crippen LogP) is 2.86. The van der Waals surface area contributed by atoms with Crippen molar-refractivity contribution in [3.05, 3.63) is 59.2 Å². The summed E-state index contributed by atoms with van der Waals surface area (Å²) in [6.45, 7) is 10.8. The monoisotopic (exact) mass is 366 g/mol. The van der Waals surface area contributed by atoms with Crippen LogP contribution in [0.15, 0.2) is 36.9 Å². The van der Waals surface area contributed by atoms with Gasteiger partial charge in [0.15, 0.2) is 0 Å². The SMILES string of the molecule is Cc1cnccc1C(=O)N1CC(C)(C)N(C(=O)c2ccncc2C)CC1C. The lowest BCUT2D eigenvalue weighted by Gasteiger charge is -2.50. The van der Waals surface area contributed by atoms with E-state index in [0.29, 0.717) is 24.2 Å². The summed E-state index contributed by atoms with van der Waals surface area (Å²) in [5.41, 5.74) is 2.57. The maximum atomic E-state index is 13.2. The van der Waals surface area contributed by atoms with Gasteiger partial charge in [-0.15, -0.1) is 0 Å². The van der Waals surface area contributed by atoms with Gasteiger partial charge in [-0.05, 0) is 57.9 Å². The summed E-state index contributed by atoms with van der Waals surface area (Å²) >= 11 is 0. The minimum atomic E-state index is -0.476. The van der Waals surface area contributed by atoms with Crippen LogP contribution in [-0.2, 0) is 0 Å². The Hall–Kier alpha value is -2.76. The first-order chi connectivity index (χ1) is 12.7. The standard InChI is InChI=1S/C21H26N4O2/c1-14-10-22-8-6-17(14)19(26)24-13-21(4,5)25(12-16(24)3)20(27)18-7-9-23-11-15(18)2/h6-11,16H,12-13H2,1-5H3. The van der Waals surface area contributed by atoms with Gasteiger partial charge in [0, 0.05) is 55.0 Å². The van der Waals surface area contributed by atoms with E-state index in [9.17, 15) is 9.59 Å². The van der Waals surface area contributed by atoms with E-state index in [0.717, 1.165) is 11.1 Å². The second-order valence-corrected chi connectivity index (χ2v) is 7.89. The number of hydrogen-bond donors (Lipinski definition) is 0. The molecule has 142 valence electrons. The molecular formula is C21H26N4O2. The van der Waals surface area contributed by atoms with Gasteiger partial charge >= 0.3 is 0 Å². The molecular weight excluding hydrogens is 340 g/mol. The van der Waals surface area contributed by atoms with Crippen LogP contribution >= 0.6 is 0 Å². The minimum Gasteiger partial charge on any atom is -0.332 e. The fraction of sp³-hybridized carbons (Fsp3) is 0.429. The number of piperazine rings is 1. The Bertz CT molecular complexity index is 878. The lowest BCUT2D eigenvalue weighted by Crippen LogP contribution is -2.65. The molecule has 0 N–H and O–H groups in total. The van der Waals surface area contributed by atoms with Crippen LogP contribution in [-0.4, -0.2) is 56.3 Å². The van der Waals surface area contributed by atoms with E-state index < -0.39 is 5.54 Å². The number of nitrogens with zero attached hydrogens (tertiary/aromatic N) is 4. The number of rotatable bonds is 2. The fourth-order valence-electron chi connectivity index (χ4n) is 3.62. The van der Waals surface area contributed by atoms with Crippen molar-refractivity contribution in [3.63, 3.8) is 0 Å². The van der Waals surface area contributed by atoms with Gasteiger partial charge in [0.05, 0.1) is 5.54 Å². The second-order valence-electron chi connectivity index (χ2n) is 7.89. The molecule has 27 heavy (non-hydrogen) atoms. The Morgan fingerprint density at radius 1 is 1.00 bits per heavy atom. The molecule has 3 rings (SSSR count). The van der Waals surface area contributed by atoms with E-state index in [4.69, 9.17) is 0 Å². The van der Waals surface area contributed by atoms with Crippen molar-refractivity contribution in [2.24, 2.45) is 0 Å². The van der Waals surface area contributed by atoms with Crippen LogP contribution in [0, 0.1) is 13.8 Å². The summed E-state index contributed by atoms with van der Waals surface area (Å²) in [5, 5.41) is 0. The van der Waals surface area contributed by atoms with Crippen molar-refractivity contribution in [2.45, 2.75) is 46.2 Å². The molecule has 1 atom stereocenters. The van der Waals surface area contributed by atoms with E-state index in [1.54, 1.807) is 36.9 Å². The highest BCUT2D eigenvalue weighted by molar-refractivity contribution is 5.97. The summed E-state index contributed by atoms with van der Waals surface area (Å²) < 4.78 is 0.